The van der Waals surface area contributed by atoms with E-state index in [9.17, 15) is 27.9 Å². The van der Waals surface area contributed by atoms with Crippen molar-refractivity contribution in [2.75, 3.05) is 6.54 Å². The fraction of sp³-hybridized carbons (Fsp3) is 0.318. The highest BCUT2D eigenvalue weighted by atomic mass is 19.1. The molecule has 5 rings (SSSR count). The van der Waals surface area contributed by atoms with E-state index in [2.05, 4.69) is 10.4 Å². The lowest BCUT2D eigenvalue weighted by atomic mass is 9.99. The summed E-state index contributed by atoms with van der Waals surface area (Å²) >= 11 is 0. The largest absolute Gasteiger partial charge is 0.510 e. The molecule has 1 unspecified atom stereocenters. The monoisotopic (exact) mass is 459 g/mol. The quantitative estimate of drug-likeness (QED) is 0.731. The summed E-state index contributed by atoms with van der Waals surface area (Å²) in [6.07, 6.45) is 3.57. The van der Waals surface area contributed by atoms with Gasteiger partial charge in [0.15, 0.2) is 0 Å². The second-order valence-electron chi connectivity index (χ2n) is 8.35. The molecule has 0 spiro atoms. The number of aliphatic hydroxyl groups excluding tert-OH is 1. The van der Waals surface area contributed by atoms with Crippen LogP contribution in [0.3, 0.4) is 0 Å². The number of allylic oxidation sites excluding steroid dienone is 1. The van der Waals surface area contributed by atoms with Gasteiger partial charge in [-0.2, -0.15) is 5.10 Å². The van der Waals surface area contributed by atoms with E-state index in [-0.39, 0.29) is 35.4 Å². The molecule has 4 heterocycles. The fourth-order valence-corrected chi connectivity index (χ4v) is 4.58. The summed E-state index contributed by atoms with van der Waals surface area (Å²) < 4.78 is 42.6. The van der Waals surface area contributed by atoms with E-state index in [0.717, 1.165) is 11.3 Å². The summed E-state index contributed by atoms with van der Waals surface area (Å²) in [6, 6.07) is 0.844. The molecule has 3 aliphatic rings. The van der Waals surface area contributed by atoms with Crippen LogP contribution in [-0.4, -0.2) is 49.1 Å². The number of aliphatic hydroxyl groups is 1. The van der Waals surface area contributed by atoms with Gasteiger partial charge in [0, 0.05) is 80.3 Å². The number of aromatic nitrogens is 2. The molecule has 1 aromatic heterocycles. The van der Waals surface area contributed by atoms with Gasteiger partial charge in [0.2, 0.25) is 5.91 Å². The lowest BCUT2D eigenvalue weighted by Gasteiger charge is -2.42. The maximum Gasteiger partial charge on any atom is 0.274 e. The van der Waals surface area contributed by atoms with Crippen molar-refractivity contribution in [3.63, 3.8) is 0 Å². The summed E-state index contributed by atoms with van der Waals surface area (Å²) in [5.41, 5.74) is 1.67. The molecular weight excluding hydrogens is 439 g/mol. The molecule has 0 saturated carbocycles. The van der Waals surface area contributed by atoms with Gasteiger partial charge in [0.05, 0.1) is 12.2 Å². The number of piperazine rings is 1. The van der Waals surface area contributed by atoms with Crippen molar-refractivity contribution < 1.29 is 27.9 Å². The van der Waals surface area contributed by atoms with E-state index in [4.69, 9.17) is 0 Å². The molecular formula is C22H20F3N5O3. The van der Waals surface area contributed by atoms with Crippen LogP contribution in [0.5, 0.6) is 0 Å². The molecule has 0 radical (unpaired) electrons. The maximum atomic E-state index is 13.9. The van der Waals surface area contributed by atoms with E-state index in [1.807, 2.05) is 7.05 Å². The standard InChI is InChI=1S/C22H20F3N5O3/c1-28-18-5-14-10-29(8-12(18)6-27-28)22(33)20-19(31)2-11(9-30(14)20)21(32)26-7-15-16(24)3-13(23)4-17(15)25/h3-4,6,9,14,31H,2,5,7-8,10H2,1H3,(H,26,32). The molecule has 2 N–H and O–H groups in total. The summed E-state index contributed by atoms with van der Waals surface area (Å²) in [5.74, 6) is -4.52. The summed E-state index contributed by atoms with van der Waals surface area (Å²) in [6.45, 7) is 0.288. The molecule has 33 heavy (non-hydrogen) atoms. The summed E-state index contributed by atoms with van der Waals surface area (Å²) in [4.78, 5) is 29.0. The number of benzene rings is 1. The highest BCUT2D eigenvalue weighted by Gasteiger charge is 2.42. The number of fused-ring (bicyclic) bond motifs is 5. The van der Waals surface area contributed by atoms with E-state index in [0.29, 0.717) is 31.6 Å². The summed E-state index contributed by atoms with van der Waals surface area (Å²) in [5, 5.41) is 17.3. The number of aryl methyl sites for hydroxylation is 1. The van der Waals surface area contributed by atoms with Gasteiger partial charge >= 0.3 is 0 Å². The Morgan fingerprint density at radius 1 is 1.27 bits per heavy atom. The van der Waals surface area contributed by atoms with E-state index < -0.39 is 35.5 Å². The van der Waals surface area contributed by atoms with Crippen molar-refractivity contribution in [3.8, 4) is 0 Å². The van der Waals surface area contributed by atoms with Crippen molar-refractivity contribution in [1.82, 2.24) is 24.9 Å². The first kappa shape index (κ1) is 21.1. The lowest BCUT2D eigenvalue weighted by Crippen LogP contribution is -2.53. The first-order valence-electron chi connectivity index (χ1n) is 10.3. The third-order valence-electron chi connectivity index (χ3n) is 6.26. The molecule has 172 valence electrons. The van der Waals surface area contributed by atoms with E-state index in [1.54, 1.807) is 20.7 Å². The number of nitrogens with zero attached hydrogens (tertiary/aromatic N) is 4. The zero-order chi connectivity index (χ0) is 23.4. The minimum Gasteiger partial charge on any atom is -0.510 e. The van der Waals surface area contributed by atoms with Crippen molar-refractivity contribution in [1.29, 1.82) is 0 Å². The molecule has 1 saturated heterocycles. The number of carbonyl (C=O) groups excluding carboxylic acids is 2. The van der Waals surface area contributed by atoms with Crippen molar-refractivity contribution >= 4 is 11.8 Å². The maximum absolute atomic E-state index is 13.9. The van der Waals surface area contributed by atoms with Gasteiger partial charge in [-0.05, 0) is 0 Å². The van der Waals surface area contributed by atoms with Gasteiger partial charge in [-0.15, -0.1) is 0 Å². The van der Waals surface area contributed by atoms with Crippen LogP contribution in [0.2, 0.25) is 0 Å². The second kappa shape index (κ2) is 7.68. The number of amides is 2. The predicted octanol–water partition coefficient (Wildman–Crippen LogP) is 1.78. The van der Waals surface area contributed by atoms with Gasteiger partial charge in [-0.3, -0.25) is 14.3 Å². The zero-order valence-electron chi connectivity index (χ0n) is 17.6. The van der Waals surface area contributed by atoms with Gasteiger partial charge in [-0.1, -0.05) is 0 Å². The second-order valence-corrected chi connectivity index (χ2v) is 8.35. The zero-order valence-corrected chi connectivity index (χ0v) is 17.6. The van der Waals surface area contributed by atoms with E-state index in [1.165, 1.54) is 6.20 Å². The van der Waals surface area contributed by atoms with Crippen molar-refractivity contribution in [3.05, 3.63) is 75.8 Å². The number of hydrogen-bond acceptors (Lipinski definition) is 5. The van der Waals surface area contributed by atoms with Crippen LogP contribution in [0.4, 0.5) is 13.2 Å². The number of carbonyl (C=O) groups is 2. The van der Waals surface area contributed by atoms with E-state index >= 15 is 0 Å². The third kappa shape index (κ3) is 3.53. The molecule has 0 aliphatic carbocycles. The number of hydrogen-bond donors (Lipinski definition) is 2. The number of nitrogens with one attached hydrogen (secondary N) is 1. The van der Waals surface area contributed by atoms with Crippen LogP contribution in [0, 0.1) is 17.5 Å². The SMILES string of the molecule is Cn1ncc2c1CC1CN(C2)C(=O)C2=C(O)CC(C(=O)NCc3c(F)cc(F)cc3F)=CN21. The van der Waals surface area contributed by atoms with Crippen LogP contribution in [0.25, 0.3) is 0 Å². The third-order valence-corrected chi connectivity index (χ3v) is 6.26. The minimum atomic E-state index is -1.11. The predicted molar refractivity (Wildman–Crippen MR) is 108 cm³/mol. The van der Waals surface area contributed by atoms with Crippen molar-refractivity contribution in [2.24, 2.45) is 7.05 Å². The van der Waals surface area contributed by atoms with Crippen molar-refractivity contribution in [2.45, 2.75) is 32.0 Å². The Hall–Kier alpha value is -3.76. The lowest BCUT2D eigenvalue weighted by molar-refractivity contribution is -0.133. The Balaban J connectivity index is 1.40. The highest BCUT2D eigenvalue weighted by molar-refractivity contribution is 5.98. The van der Waals surface area contributed by atoms with Gasteiger partial charge < -0.3 is 20.2 Å². The van der Waals surface area contributed by atoms with Crippen LogP contribution in [-0.2, 0) is 36.1 Å². The highest BCUT2D eigenvalue weighted by Crippen LogP contribution is 2.35. The molecule has 2 bridgehead atoms. The number of rotatable bonds is 3. The first-order valence-corrected chi connectivity index (χ1v) is 10.3. The smallest absolute Gasteiger partial charge is 0.274 e. The Bertz CT molecular complexity index is 1230. The molecule has 1 atom stereocenters. The molecule has 2 amide bonds. The minimum absolute atomic E-state index is 0.124. The molecule has 3 aliphatic heterocycles. The van der Waals surface area contributed by atoms with Crippen LogP contribution in [0.1, 0.15) is 23.2 Å². The van der Waals surface area contributed by atoms with Gasteiger partial charge in [0.1, 0.15) is 28.9 Å². The average Bonchev–Trinajstić information content (AvgIpc) is 2.99. The van der Waals surface area contributed by atoms with Crippen LogP contribution in [0.15, 0.2) is 41.6 Å². The normalized spacial score (nSPS) is 19.7. The topological polar surface area (TPSA) is 90.7 Å². The fourth-order valence-electron chi connectivity index (χ4n) is 4.58. The molecule has 2 aromatic rings. The first-order chi connectivity index (χ1) is 15.7. The van der Waals surface area contributed by atoms with Gasteiger partial charge in [0.25, 0.3) is 5.91 Å². The number of halogens is 3. The molecule has 11 heteroatoms. The average molecular weight is 459 g/mol. The molecule has 1 fully saturated rings. The molecule has 8 nitrogen and oxygen atoms in total. The molecule has 1 aromatic carbocycles. The van der Waals surface area contributed by atoms with Gasteiger partial charge in [-0.25, -0.2) is 13.2 Å². The van der Waals surface area contributed by atoms with Crippen LogP contribution < -0.4 is 5.32 Å². The summed E-state index contributed by atoms with van der Waals surface area (Å²) in [7, 11) is 1.82. The van der Waals surface area contributed by atoms with Crippen LogP contribution >= 0.6 is 0 Å². The Kier molecular flexibility index (Phi) is 4.91. The Morgan fingerprint density at radius 3 is 2.73 bits per heavy atom. The Labute approximate surface area is 186 Å². The Morgan fingerprint density at radius 2 is 2.00 bits per heavy atom.